The van der Waals surface area contributed by atoms with Gasteiger partial charge in [-0.25, -0.2) is 4.99 Å². The summed E-state index contributed by atoms with van der Waals surface area (Å²) >= 11 is 0. The van der Waals surface area contributed by atoms with Crippen LogP contribution in [0.25, 0.3) is 0 Å². The second-order valence-corrected chi connectivity index (χ2v) is 14.1. The molecule has 3 aliphatic rings. The molecule has 0 radical (unpaired) electrons. The first-order chi connectivity index (χ1) is 16.7. The van der Waals surface area contributed by atoms with Crippen molar-refractivity contribution in [3.05, 3.63) is 40.6 Å². The normalized spacial score (nSPS) is 29.2. The van der Waals surface area contributed by atoms with Gasteiger partial charge in [0, 0.05) is 29.0 Å². The number of nitrogens with one attached hydrogen (secondary N) is 1. The van der Waals surface area contributed by atoms with Gasteiger partial charge >= 0.3 is 0 Å². The molecule has 196 valence electrons. The Bertz CT molecular complexity index is 1110. The van der Waals surface area contributed by atoms with Crippen LogP contribution in [0.1, 0.15) is 117 Å². The smallest absolute Gasteiger partial charge is 0.170 e. The lowest BCUT2D eigenvalue weighted by Gasteiger charge is -2.27. The Hall–Kier alpha value is -2.23. The lowest BCUT2D eigenvalue weighted by Crippen LogP contribution is -2.25. The minimum absolute atomic E-state index is 0.0560. The van der Waals surface area contributed by atoms with E-state index in [1.54, 1.807) is 6.21 Å². The van der Waals surface area contributed by atoms with Gasteiger partial charge in [0.2, 0.25) is 0 Å². The van der Waals surface area contributed by atoms with Gasteiger partial charge < -0.3 is 5.11 Å². The molecule has 0 bridgehead atoms. The van der Waals surface area contributed by atoms with Crippen LogP contribution in [0.5, 0.6) is 5.75 Å². The molecule has 0 aromatic heterocycles. The summed E-state index contributed by atoms with van der Waals surface area (Å²) in [5.74, 6) is 2.33. The number of allylic oxidation sites excluding steroid dienone is 1. The number of nitrogens with zero attached hydrogens (tertiary/aromatic N) is 2. The standard InChI is InChI=1S/C32H47N3O/c1-20-11-9-10-12-21(14-13-20)27-25-17-32(25,8)18-26(35-27)29(33)34-19-22-15-23(30(2,3)4)16-24(28(22)36)31(5,6)7/h15-16,18-21,25,33,36H,9-14,17H2,1-8H3. The number of rotatable bonds is 3. The van der Waals surface area contributed by atoms with Crippen LogP contribution in [-0.2, 0) is 10.8 Å². The molecule has 2 N–H and O–H groups in total. The Morgan fingerprint density at radius 1 is 1.06 bits per heavy atom. The first kappa shape index (κ1) is 26.8. The molecule has 4 atom stereocenters. The zero-order chi connectivity index (χ0) is 26.5. The fourth-order valence-corrected chi connectivity index (χ4v) is 5.96. The van der Waals surface area contributed by atoms with Crippen molar-refractivity contribution in [1.82, 2.24) is 0 Å². The summed E-state index contributed by atoms with van der Waals surface area (Å²) in [6.07, 6.45) is 12.7. The summed E-state index contributed by atoms with van der Waals surface area (Å²) in [5.41, 5.74) is 4.63. The van der Waals surface area contributed by atoms with E-state index < -0.39 is 0 Å². The highest BCUT2D eigenvalue weighted by Gasteiger charge is 2.54. The Labute approximate surface area is 218 Å². The van der Waals surface area contributed by atoms with Gasteiger partial charge in [-0.15, -0.1) is 0 Å². The summed E-state index contributed by atoms with van der Waals surface area (Å²) in [4.78, 5) is 9.65. The Morgan fingerprint density at radius 2 is 1.75 bits per heavy atom. The zero-order valence-electron chi connectivity index (χ0n) is 23.8. The van der Waals surface area contributed by atoms with Gasteiger partial charge in [-0.2, -0.15) is 0 Å². The third-order valence-corrected chi connectivity index (χ3v) is 8.67. The molecule has 0 spiro atoms. The number of benzene rings is 1. The van der Waals surface area contributed by atoms with E-state index >= 15 is 0 Å². The molecule has 36 heavy (non-hydrogen) atoms. The van der Waals surface area contributed by atoms with Gasteiger partial charge in [-0.05, 0) is 65.0 Å². The van der Waals surface area contributed by atoms with Crippen LogP contribution < -0.4 is 0 Å². The molecule has 0 saturated heterocycles. The van der Waals surface area contributed by atoms with Crippen molar-refractivity contribution in [1.29, 1.82) is 5.41 Å². The van der Waals surface area contributed by atoms with Crippen LogP contribution in [-0.4, -0.2) is 22.9 Å². The van der Waals surface area contributed by atoms with E-state index in [9.17, 15) is 5.11 Å². The van der Waals surface area contributed by atoms with Crippen LogP contribution in [0.4, 0.5) is 0 Å². The molecule has 2 aliphatic carbocycles. The zero-order valence-corrected chi connectivity index (χ0v) is 23.8. The van der Waals surface area contributed by atoms with E-state index in [1.807, 2.05) is 6.07 Å². The second-order valence-electron chi connectivity index (χ2n) is 14.1. The van der Waals surface area contributed by atoms with Crippen LogP contribution in [0.15, 0.2) is 33.9 Å². The average Bonchev–Trinajstić information content (AvgIpc) is 3.45. The Kier molecular flexibility index (Phi) is 7.13. The highest BCUT2D eigenvalue weighted by atomic mass is 16.3. The van der Waals surface area contributed by atoms with Crippen LogP contribution in [0.3, 0.4) is 0 Å². The minimum atomic E-state index is -0.197. The van der Waals surface area contributed by atoms with E-state index in [-0.39, 0.29) is 27.8 Å². The van der Waals surface area contributed by atoms with Gasteiger partial charge in [-0.1, -0.05) is 87.1 Å². The number of phenols is 1. The fourth-order valence-electron chi connectivity index (χ4n) is 5.96. The van der Waals surface area contributed by atoms with E-state index in [1.165, 1.54) is 44.2 Å². The predicted molar refractivity (Wildman–Crippen MR) is 153 cm³/mol. The molecule has 1 aliphatic heterocycles. The van der Waals surface area contributed by atoms with Crippen molar-refractivity contribution in [2.24, 2.45) is 33.2 Å². The number of fused-ring (bicyclic) bond motifs is 1. The summed E-state index contributed by atoms with van der Waals surface area (Å²) in [5, 5.41) is 19.9. The fraction of sp³-hybridized carbons (Fsp3) is 0.656. The number of aliphatic imine (C=N–C) groups is 2. The van der Waals surface area contributed by atoms with Gasteiger partial charge in [0.1, 0.15) is 11.4 Å². The van der Waals surface area contributed by atoms with E-state index in [4.69, 9.17) is 10.4 Å². The van der Waals surface area contributed by atoms with Crippen LogP contribution >= 0.6 is 0 Å². The summed E-state index contributed by atoms with van der Waals surface area (Å²) in [6, 6.07) is 4.13. The topological polar surface area (TPSA) is 68.8 Å². The molecule has 1 aromatic rings. The summed E-state index contributed by atoms with van der Waals surface area (Å²) < 4.78 is 0. The maximum Gasteiger partial charge on any atom is 0.170 e. The van der Waals surface area contributed by atoms with Gasteiger partial charge in [0.05, 0.1) is 0 Å². The van der Waals surface area contributed by atoms with Gasteiger partial charge in [-0.3, -0.25) is 10.4 Å². The number of amidine groups is 1. The molecule has 4 nitrogen and oxygen atoms in total. The van der Waals surface area contributed by atoms with E-state index in [0.29, 0.717) is 23.1 Å². The average molecular weight is 490 g/mol. The third-order valence-electron chi connectivity index (χ3n) is 8.67. The molecule has 2 fully saturated rings. The molecular formula is C32H47N3O. The maximum absolute atomic E-state index is 11.1. The highest BCUT2D eigenvalue weighted by molar-refractivity contribution is 6.07. The van der Waals surface area contributed by atoms with Crippen molar-refractivity contribution in [2.75, 3.05) is 0 Å². The number of phenolic OH excluding ortho intramolecular Hbond substituents is 1. The van der Waals surface area contributed by atoms with Crippen LogP contribution in [0, 0.1) is 28.6 Å². The van der Waals surface area contributed by atoms with E-state index in [2.05, 4.69) is 72.5 Å². The van der Waals surface area contributed by atoms with Crippen molar-refractivity contribution in [2.45, 2.75) is 111 Å². The quantitative estimate of drug-likeness (QED) is 0.325. The SMILES string of the molecule is CC1CCCCC(C2=NC(C(=N)N=Cc3cc(C(C)(C)C)cc(C(C)(C)C)c3O)=CC3(C)CC23)CC1. The van der Waals surface area contributed by atoms with Crippen molar-refractivity contribution in [3.63, 3.8) is 0 Å². The lowest BCUT2D eigenvalue weighted by atomic mass is 9.79. The van der Waals surface area contributed by atoms with Gasteiger partial charge in [0.25, 0.3) is 0 Å². The first-order valence-corrected chi connectivity index (χ1v) is 14.0. The molecular weight excluding hydrogens is 442 g/mol. The second kappa shape index (κ2) is 9.58. The molecule has 4 unspecified atom stereocenters. The molecule has 1 aromatic carbocycles. The summed E-state index contributed by atoms with van der Waals surface area (Å²) in [7, 11) is 0. The maximum atomic E-state index is 11.1. The van der Waals surface area contributed by atoms with Crippen molar-refractivity contribution >= 4 is 17.8 Å². The largest absolute Gasteiger partial charge is 0.507 e. The van der Waals surface area contributed by atoms with Crippen molar-refractivity contribution in [3.8, 4) is 5.75 Å². The number of aromatic hydroxyl groups is 1. The Balaban J connectivity index is 1.62. The first-order valence-electron chi connectivity index (χ1n) is 14.0. The molecule has 0 amide bonds. The van der Waals surface area contributed by atoms with Gasteiger partial charge in [0.15, 0.2) is 5.84 Å². The minimum Gasteiger partial charge on any atom is -0.507 e. The Morgan fingerprint density at radius 3 is 2.42 bits per heavy atom. The van der Waals surface area contributed by atoms with E-state index in [0.717, 1.165) is 23.5 Å². The number of hydrogen-bond donors (Lipinski definition) is 2. The molecule has 2 saturated carbocycles. The third kappa shape index (κ3) is 5.68. The monoisotopic (exact) mass is 489 g/mol. The highest BCUT2D eigenvalue weighted by Crippen LogP contribution is 2.58. The molecule has 4 rings (SSSR count). The van der Waals surface area contributed by atoms with Crippen LogP contribution in [0.2, 0.25) is 0 Å². The molecule has 1 heterocycles. The summed E-state index contributed by atoms with van der Waals surface area (Å²) in [6.45, 7) is 17.6. The molecule has 4 heteroatoms. The number of hydrogen-bond acceptors (Lipinski definition) is 3. The lowest BCUT2D eigenvalue weighted by molar-refractivity contribution is 0.369. The van der Waals surface area contributed by atoms with Crippen molar-refractivity contribution < 1.29 is 5.11 Å². The predicted octanol–water partition coefficient (Wildman–Crippen LogP) is 8.35.